The van der Waals surface area contributed by atoms with E-state index in [-0.39, 0.29) is 6.03 Å². The number of urea groups is 1. The van der Waals surface area contributed by atoms with Gasteiger partial charge in [0.25, 0.3) is 0 Å². The van der Waals surface area contributed by atoms with Gasteiger partial charge in [-0.05, 0) is 49.2 Å². The van der Waals surface area contributed by atoms with Gasteiger partial charge in [-0.3, -0.25) is 4.90 Å². The van der Waals surface area contributed by atoms with Gasteiger partial charge >= 0.3 is 6.03 Å². The Morgan fingerprint density at radius 1 is 1.18 bits per heavy atom. The minimum Gasteiger partial charge on any atom is -0.497 e. The summed E-state index contributed by atoms with van der Waals surface area (Å²) in [6.07, 6.45) is 0. The van der Waals surface area contributed by atoms with E-state index in [9.17, 15) is 4.79 Å². The first-order chi connectivity index (χ1) is 10.6. The van der Waals surface area contributed by atoms with Crippen molar-refractivity contribution in [2.75, 3.05) is 18.6 Å². The summed E-state index contributed by atoms with van der Waals surface area (Å²) in [4.78, 5) is 14.1. The molecular weight excluding hydrogens is 276 g/mol. The molecule has 0 aliphatic rings. The molecule has 0 radical (unpaired) electrons. The number of nitrogens with one attached hydrogen (secondary N) is 1. The average molecular weight is 298 g/mol. The summed E-state index contributed by atoms with van der Waals surface area (Å²) in [5, 5.41) is 2.95. The van der Waals surface area contributed by atoms with Crippen LogP contribution in [0, 0.1) is 6.92 Å². The molecule has 0 aliphatic heterocycles. The van der Waals surface area contributed by atoms with Crippen LogP contribution >= 0.6 is 0 Å². The van der Waals surface area contributed by atoms with E-state index in [2.05, 4.69) is 5.32 Å². The van der Waals surface area contributed by atoms with Gasteiger partial charge in [0.2, 0.25) is 0 Å². The molecule has 0 fully saturated rings. The van der Waals surface area contributed by atoms with Gasteiger partial charge < -0.3 is 10.1 Å². The molecule has 0 aromatic heterocycles. The standard InChI is InChI=1S/C18H22N2O2/c1-4-20(16-9-5-7-14(2)11-16)18(21)19-13-15-8-6-10-17(12-15)22-3/h5-12H,4,13H2,1-3H3,(H,19,21). The predicted octanol–water partition coefficient (Wildman–Crippen LogP) is 3.74. The lowest BCUT2D eigenvalue weighted by molar-refractivity contribution is 0.246. The molecule has 4 heteroatoms. The number of hydrogen-bond donors (Lipinski definition) is 1. The zero-order chi connectivity index (χ0) is 15.9. The number of aryl methyl sites for hydroxylation is 1. The smallest absolute Gasteiger partial charge is 0.322 e. The van der Waals surface area contributed by atoms with Gasteiger partial charge in [0.05, 0.1) is 7.11 Å². The zero-order valence-electron chi connectivity index (χ0n) is 13.3. The van der Waals surface area contributed by atoms with Crippen LogP contribution in [0.3, 0.4) is 0 Å². The van der Waals surface area contributed by atoms with Crippen LogP contribution in [0.4, 0.5) is 10.5 Å². The summed E-state index contributed by atoms with van der Waals surface area (Å²) < 4.78 is 5.19. The molecule has 0 heterocycles. The Hall–Kier alpha value is -2.49. The molecule has 1 N–H and O–H groups in total. The Labute approximate surface area is 131 Å². The normalized spacial score (nSPS) is 10.1. The maximum Gasteiger partial charge on any atom is 0.322 e. The molecule has 0 atom stereocenters. The van der Waals surface area contributed by atoms with Crippen molar-refractivity contribution in [3.05, 3.63) is 59.7 Å². The monoisotopic (exact) mass is 298 g/mol. The number of carbonyl (C=O) groups excluding carboxylic acids is 1. The van der Waals surface area contributed by atoms with Crippen LogP contribution < -0.4 is 15.0 Å². The van der Waals surface area contributed by atoms with Gasteiger partial charge in [0.15, 0.2) is 0 Å². The van der Waals surface area contributed by atoms with Crippen LogP contribution in [0.25, 0.3) is 0 Å². The quantitative estimate of drug-likeness (QED) is 0.913. The van der Waals surface area contributed by atoms with Crippen molar-refractivity contribution in [1.29, 1.82) is 0 Å². The Morgan fingerprint density at radius 3 is 2.64 bits per heavy atom. The van der Waals surface area contributed by atoms with E-state index >= 15 is 0 Å². The SMILES string of the molecule is CCN(C(=O)NCc1cccc(OC)c1)c1cccc(C)c1. The third-order valence-electron chi connectivity index (χ3n) is 3.45. The number of carbonyl (C=O) groups is 1. The second kappa shape index (κ2) is 7.50. The first-order valence-electron chi connectivity index (χ1n) is 7.39. The highest BCUT2D eigenvalue weighted by Gasteiger charge is 2.13. The lowest BCUT2D eigenvalue weighted by atomic mass is 10.2. The first-order valence-corrected chi connectivity index (χ1v) is 7.39. The number of anilines is 1. The Morgan fingerprint density at radius 2 is 1.95 bits per heavy atom. The highest BCUT2D eigenvalue weighted by atomic mass is 16.5. The van der Waals surface area contributed by atoms with Crippen molar-refractivity contribution in [2.45, 2.75) is 20.4 Å². The number of methoxy groups -OCH3 is 1. The number of rotatable bonds is 5. The molecule has 0 spiro atoms. The summed E-state index contributed by atoms with van der Waals surface area (Å²) in [6.45, 7) is 5.07. The number of ether oxygens (including phenoxy) is 1. The molecule has 0 aliphatic carbocycles. The van der Waals surface area contributed by atoms with E-state index in [0.29, 0.717) is 13.1 Å². The van der Waals surface area contributed by atoms with Crippen LogP contribution in [0.5, 0.6) is 5.75 Å². The number of amides is 2. The molecule has 2 aromatic rings. The van der Waals surface area contributed by atoms with Crippen molar-refractivity contribution in [2.24, 2.45) is 0 Å². The Kier molecular flexibility index (Phi) is 5.42. The highest BCUT2D eigenvalue weighted by Crippen LogP contribution is 2.16. The van der Waals surface area contributed by atoms with Crippen LogP contribution in [-0.2, 0) is 6.54 Å². The zero-order valence-corrected chi connectivity index (χ0v) is 13.3. The van der Waals surface area contributed by atoms with E-state index in [1.807, 2.05) is 62.4 Å². The maximum atomic E-state index is 12.4. The molecule has 0 bridgehead atoms. The minimum atomic E-state index is -0.101. The van der Waals surface area contributed by atoms with Crippen molar-refractivity contribution in [3.8, 4) is 5.75 Å². The molecule has 0 saturated carbocycles. The highest BCUT2D eigenvalue weighted by molar-refractivity contribution is 5.91. The van der Waals surface area contributed by atoms with Crippen LogP contribution in [-0.4, -0.2) is 19.7 Å². The van der Waals surface area contributed by atoms with E-state index in [4.69, 9.17) is 4.74 Å². The second-order valence-electron chi connectivity index (χ2n) is 5.09. The Balaban J connectivity index is 2.03. The predicted molar refractivity (Wildman–Crippen MR) is 89.4 cm³/mol. The van der Waals surface area contributed by atoms with Crippen molar-refractivity contribution < 1.29 is 9.53 Å². The summed E-state index contributed by atoms with van der Waals surface area (Å²) in [5.41, 5.74) is 3.05. The molecule has 116 valence electrons. The molecule has 0 unspecified atom stereocenters. The topological polar surface area (TPSA) is 41.6 Å². The molecule has 0 saturated heterocycles. The van der Waals surface area contributed by atoms with Gasteiger partial charge in [-0.1, -0.05) is 24.3 Å². The maximum absolute atomic E-state index is 12.4. The van der Waals surface area contributed by atoms with Gasteiger partial charge in [-0.15, -0.1) is 0 Å². The van der Waals surface area contributed by atoms with Gasteiger partial charge in [-0.25, -0.2) is 4.79 Å². The lowest BCUT2D eigenvalue weighted by Gasteiger charge is -2.22. The van der Waals surface area contributed by atoms with Crippen LogP contribution in [0.1, 0.15) is 18.1 Å². The van der Waals surface area contributed by atoms with E-state index in [0.717, 1.165) is 22.6 Å². The number of nitrogens with zero attached hydrogens (tertiary/aromatic N) is 1. The van der Waals surface area contributed by atoms with Crippen molar-refractivity contribution in [3.63, 3.8) is 0 Å². The lowest BCUT2D eigenvalue weighted by Crippen LogP contribution is -2.39. The van der Waals surface area contributed by atoms with Crippen LogP contribution in [0.15, 0.2) is 48.5 Å². The van der Waals surface area contributed by atoms with Crippen LogP contribution in [0.2, 0.25) is 0 Å². The van der Waals surface area contributed by atoms with Gasteiger partial charge in [0.1, 0.15) is 5.75 Å². The summed E-state index contributed by atoms with van der Waals surface area (Å²) in [5.74, 6) is 0.790. The second-order valence-corrected chi connectivity index (χ2v) is 5.09. The molecular formula is C18H22N2O2. The summed E-state index contributed by atoms with van der Waals surface area (Å²) in [7, 11) is 1.63. The fourth-order valence-electron chi connectivity index (χ4n) is 2.29. The minimum absolute atomic E-state index is 0.101. The largest absolute Gasteiger partial charge is 0.497 e. The summed E-state index contributed by atoms with van der Waals surface area (Å²) >= 11 is 0. The number of benzene rings is 2. The third-order valence-corrected chi connectivity index (χ3v) is 3.45. The summed E-state index contributed by atoms with van der Waals surface area (Å²) in [6, 6.07) is 15.5. The van der Waals surface area contributed by atoms with Crippen molar-refractivity contribution in [1.82, 2.24) is 5.32 Å². The Bertz CT molecular complexity index is 640. The third kappa shape index (κ3) is 4.01. The molecule has 2 aromatic carbocycles. The van der Waals surface area contributed by atoms with Gasteiger partial charge in [0, 0.05) is 18.8 Å². The average Bonchev–Trinajstić information content (AvgIpc) is 2.54. The molecule has 2 amide bonds. The molecule has 4 nitrogen and oxygen atoms in total. The van der Waals surface area contributed by atoms with E-state index in [1.54, 1.807) is 12.0 Å². The van der Waals surface area contributed by atoms with Crippen molar-refractivity contribution >= 4 is 11.7 Å². The first kappa shape index (κ1) is 15.9. The fourth-order valence-corrected chi connectivity index (χ4v) is 2.29. The number of hydrogen-bond acceptors (Lipinski definition) is 2. The fraction of sp³-hybridized carbons (Fsp3) is 0.278. The van der Waals surface area contributed by atoms with E-state index < -0.39 is 0 Å². The molecule has 22 heavy (non-hydrogen) atoms. The van der Waals surface area contributed by atoms with E-state index in [1.165, 1.54) is 0 Å². The van der Waals surface area contributed by atoms with Gasteiger partial charge in [-0.2, -0.15) is 0 Å². The molecule has 2 rings (SSSR count).